The van der Waals surface area contributed by atoms with Crippen LogP contribution in [0.1, 0.15) is 23.8 Å². The number of nitrogens with one attached hydrogen (secondary N) is 1. The monoisotopic (exact) mass is 304 g/mol. The second-order valence-corrected chi connectivity index (χ2v) is 6.21. The van der Waals surface area contributed by atoms with Gasteiger partial charge in [0.15, 0.2) is 0 Å². The standard InChI is InChI=1S/C12H17ClN2O3S/c13-11-4-3-10(19-11)8(16)6-15-12(17)9-2-1-7(5-14)18-9/h3-4,7-9,16H,1-2,5-6,14H2,(H,15,17)/t7-,8?,9+/m1/s1. The van der Waals surface area contributed by atoms with Crippen LogP contribution < -0.4 is 11.1 Å². The first kappa shape index (κ1) is 14.7. The van der Waals surface area contributed by atoms with Crippen molar-refractivity contribution in [3.63, 3.8) is 0 Å². The number of carbonyl (C=O) groups is 1. The Balaban J connectivity index is 1.77. The zero-order valence-electron chi connectivity index (χ0n) is 10.3. The Morgan fingerprint density at radius 3 is 3.00 bits per heavy atom. The van der Waals surface area contributed by atoms with E-state index in [9.17, 15) is 9.90 Å². The normalized spacial score (nSPS) is 24.4. The van der Waals surface area contributed by atoms with Crippen molar-refractivity contribution in [1.82, 2.24) is 5.32 Å². The maximum Gasteiger partial charge on any atom is 0.249 e. The van der Waals surface area contributed by atoms with Crippen LogP contribution in [0.5, 0.6) is 0 Å². The maximum atomic E-state index is 11.8. The highest BCUT2D eigenvalue weighted by atomic mass is 35.5. The number of aliphatic hydroxyl groups excluding tert-OH is 1. The van der Waals surface area contributed by atoms with Gasteiger partial charge in [0.1, 0.15) is 12.2 Å². The third-order valence-electron chi connectivity index (χ3n) is 3.05. The number of carbonyl (C=O) groups excluding carboxylic acids is 1. The van der Waals surface area contributed by atoms with Gasteiger partial charge in [-0.2, -0.15) is 0 Å². The summed E-state index contributed by atoms with van der Waals surface area (Å²) in [7, 11) is 0. The predicted molar refractivity (Wildman–Crippen MR) is 74.2 cm³/mol. The lowest BCUT2D eigenvalue weighted by molar-refractivity contribution is -0.132. The van der Waals surface area contributed by atoms with Gasteiger partial charge in [-0.1, -0.05) is 11.6 Å². The number of halogens is 1. The molecule has 5 nitrogen and oxygen atoms in total. The Labute approximate surface area is 120 Å². The van der Waals surface area contributed by atoms with Crippen molar-refractivity contribution in [2.24, 2.45) is 5.73 Å². The summed E-state index contributed by atoms with van der Waals surface area (Å²) in [5, 5.41) is 12.6. The van der Waals surface area contributed by atoms with Crippen molar-refractivity contribution in [3.8, 4) is 0 Å². The Hall–Kier alpha value is -0.660. The minimum absolute atomic E-state index is 0.0308. The van der Waals surface area contributed by atoms with E-state index in [2.05, 4.69) is 5.32 Å². The number of hydrogen-bond donors (Lipinski definition) is 3. The van der Waals surface area contributed by atoms with Crippen molar-refractivity contribution in [2.75, 3.05) is 13.1 Å². The molecular weight excluding hydrogens is 288 g/mol. The first-order valence-electron chi connectivity index (χ1n) is 6.16. The summed E-state index contributed by atoms with van der Waals surface area (Å²) in [5.74, 6) is -0.197. The van der Waals surface area contributed by atoms with Gasteiger partial charge >= 0.3 is 0 Å². The Bertz CT molecular complexity index is 440. The molecule has 1 saturated heterocycles. The fraction of sp³-hybridized carbons (Fsp3) is 0.583. The Kier molecular flexibility index (Phi) is 5.18. The highest BCUT2D eigenvalue weighted by Crippen LogP contribution is 2.26. The molecule has 2 heterocycles. The van der Waals surface area contributed by atoms with Crippen LogP contribution in [0.2, 0.25) is 4.34 Å². The molecule has 1 fully saturated rings. The maximum absolute atomic E-state index is 11.8. The van der Waals surface area contributed by atoms with Gasteiger partial charge in [-0.25, -0.2) is 0 Å². The molecule has 0 spiro atoms. The molecule has 4 N–H and O–H groups in total. The van der Waals surface area contributed by atoms with Gasteiger partial charge in [-0.15, -0.1) is 11.3 Å². The molecule has 1 aliphatic rings. The van der Waals surface area contributed by atoms with Crippen LogP contribution in [-0.4, -0.2) is 36.3 Å². The lowest BCUT2D eigenvalue weighted by Gasteiger charge is -2.14. The highest BCUT2D eigenvalue weighted by molar-refractivity contribution is 7.16. The highest BCUT2D eigenvalue weighted by Gasteiger charge is 2.29. The van der Waals surface area contributed by atoms with Gasteiger partial charge < -0.3 is 20.9 Å². The zero-order valence-corrected chi connectivity index (χ0v) is 11.9. The summed E-state index contributed by atoms with van der Waals surface area (Å²) in [6.45, 7) is 0.586. The molecule has 1 aromatic rings. The first-order valence-corrected chi connectivity index (χ1v) is 7.36. The molecule has 1 aliphatic heterocycles. The average molecular weight is 305 g/mol. The molecule has 7 heteroatoms. The number of amides is 1. The molecule has 19 heavy (non-hydrogen) atoms. The van der Waals surface area contributed by atoms with Crippen LogP contribution in [-0.2, 0) is 9.53 Å². The van der Waals surface area contributed by atoms with Crippen LogP contribution in [0.4, 0.5) is 0 Å². The van der Waals surface area contributed by atoms with E-state index in [0.29, 0.717) is 17.3 Å². The molecule has 0 aromatic carbocycles. The quantitative estimate of drug-likeness (QED) is 0.759. The summed E-state index contributed by atoms with van der Waals surface area (Å²) < 4.78 is 6.09. The number of hydrogen-bond acceptors (Lipinski definition) is 5. The van der Waals surface area contributed by atoms with Crippen molar-refractivity contribution in [3.05, 3.63) is 21.3 Å². The van der Waals surface area contributed by atoms with E-state index in [-0.39, 0.29) is 18.6 Å². The molecule has 1 amide bonds. The molecule has 1 unspecified atom stereocenters. The summed E-state index contributed by atoms with van der Waals surface area (Å²) in [4.78, 5) is 12.6. The Morgan fingerprint density at radius 1 is 1.63 bits per heavy atom. The molecule has 106 valence electrons. The third kappa shape index (κ3) is 3.90. The van der Waals surface area contributed by atoms with Crippen LogP contribution in [0.15, 0.2) is 12.1 Å². The fourth-order valence-corrected chi connectivity index (χ4v) is 3.04. The second-order valence-electron chi connectivity index (χ2n) is 4.46. The Morgan fingerprint density at radius 2 is 2.42 bits per heavy atom. The lowest BCUT2D eigenvalue weighted by atomic mass is 10.2. The van der Waals surface area contributed by atoms with Gasteiger partial charge in [0.25, 0.3) is 0 Å². The number of ether oxygens (including phenoxy) is 1. The number of thiophene rings is 1. The van der Waals surface area contributed by atoms with Crippen molar-refractivity contribution >= 4 is 28.8 Å². The SMILES string of the molecule is NC[C@H]1CC[C@@H](C(=O)NCC(O)c2ccc(Cl)s2)O1. The third-order valence-corrected chi connectivity index (χ3v) is 4.39. The van der Waals surface area contributed by atoms with Crippen LogP contribution in [0, 0.1) is 0 Å². The molecule has 1 aromatic heterocycles. The summed E-state index contributed by atoms with van der Waals surface area (Å²) >= 11 is 7.09. The lowest BCUT2D eigenvalue weighted by Crippen LogP contribution is -2.37. The summed E-state index contributed by atoms with van der Waals surface area (Å²) in [6.07, 6.45) is 0.254. The minimum Gasteiger partial charge on any atom is -0.386 e. The van der Waals surface area contributed by atoms with E-state index >= 15 is 0 Å². The molecular formula is C12H17ClN2O3S. The van der Waals surface area contributed by atoms with E-state index in [0.717, 1.165) is 11.3 Å². The molecule has 0 saturated carbocycles. The number of nitrogens with two attached hydrogens (primary N) is 1. The van der Waals surface area contributed by atoms with Crippen LogP contribution in [0.3, 0.4) is 0 Å². The second kappa shape index (κ2) is 6.67. The first-order chi connectivity index (χ1) is 9.10. The van der Waals surface area contributed by atoms with Gasteiger partial charge in [0, 0.05) is 18.0 Å². The van der Waals surface area contributed by atoms with Crippen molar-refractivity contribution in [2.45, 2.75) is 31.2 Å². The van der Waals surface area contributed by atoms with E-state index in [1.807, 2.05) is 0 Å². The van der Waals surface area contributed by atoms with Crippen molar-refractivity contribution < 1.29 is 14.6 Å². The van der Waals surface area contributed by atoms with Gasteiger partial charge in [0.05, 0.1) is 10.4 Å². The summed E-state index contributed by atoms with van der Waals surface area (Å²) in [5.41, 5.74) is 5.49. The van der Waals surface area contributed by atoms with E-state index in [4.69, 9.17) is 22.1 Å². The zero-order chi connectivity index (χ0) is 13.8. The molecule has 0 aliphatic carbocycles. The van der Waals surface area contributed by atoms with E-state index in [1.165, 1.54) is 11.3 Å². The minimum atomic E-state index is -0.742. The van der Waals surface area contributed by atoms with Crippen LogP contribution >= 0.6 is 22.9 Å². The van der Waals surface area contributed by atoms with Crippen LogP contribution in [0.25, 0.3) is 0 Å². The largest absolute Gasteiger partial charge is 0.386 e. The topological polar surface area (TPSA) is 84.6 Å². The van der Waals surface area contributed by atoms with Gasteiger partial charge in [-0.3, -0.25) is 4.79 Å². The molecule has 0 bridgehead atoms. The fourth-order valence-electron chi connectivity index (χ4n) is 1.99. The molecule has 0 radical (unpaired) electrons. The predicted octanol–water partition coefficient (Wildman–Crippen LogP) is 1.06. The van der Waals surface area contributed by atoms with Crippen molar-refractivity contribution in [1.29, 1.82) is 0 Å². The molecule has 2 rings (SSSR count). The number of aliphatic hydroxyl groups is 1. The molecule has 3 atom stereocenters. The summed E-state index contributed by atoms with van der Waals surface area (Å²) in [6, 6.07) is 3.47. The van der Waals surface area contributed by atoms with E-state index < -0.39 is 12.2 Å². The van der Waals surface area contributed by atoms with Gasteiger partial charge in [-0.05, 0) is 25.0 Å². The average Bonchev–Trinajstić information content (AvgIpc) is 3.04. The van der Waals surface area contributed by atoms with Gasteiger partial charge in [0.2, 0.25) is 5.91 Å². The smallest absolute Gasteiger partial charge is 0.249 e. The van der Waals surface area contributed by atoms with E-state index in [1.54, 1.807) is 12.1 Å². The number of rotatable bonds is 5.